The number of likely N-dealkylation sites (N-methyl/N-ethyl adjacent to an activating group) is 1. The van der Waals surface area contributed by atoms with Gasteiger partial charge in [-0.3, -0.25) is 0 Å². The van der Waals surface area contributed by atoms with Crippen molar-refractivity contribution in [3.05, 3.63) is 23.8 Å². The number of benzene rings is 1. The van der Waals surface area contributed by atoms with Crippen LogP contribution >= 0.6 is 0 Å². The Morgan fingerprint density at radius 3 is 2.48 bits per heavy atom. The van der Waals surface area contributed by atoms with Gasteiger partial charge in [0.05, 0.1) is 17.9 Å². The second kappa shape index (κ2) is 12.0. The fraction of sp³-hybridized carbons (Fsp3) is 0.588. The number of ether oxygens (including phenoxy) is 2. The van der Waals surface area contributed by atoms with Crippen LogP contribution in [-0.4, -0.2) is 43.7 Å². The first-order valence-electron chi connectivity index (χ1n) is 8.04. The van der Waals surface area contributed by atoms with Crippen LogP contribution in [0.15, 0.2) is 18.2 Å². The van der Waals surface area contributed by atoms with Gasteiger partial charge in [0.15, 0.2) is 0 Å². The van der Waals surface area contributed by atoms with E-state index in [-0.39, 0.29) is 18.4 Å². The molecule has 0 saturated carbocycles. The highest BCUT2D eigenvalue weighted by molar-refractivity contribution is 5.90. The molecular weight excluding hydrogens is 316 g/mol. The number of nitrogens with two attached hydrogens (primary N) is 1. The fourth-order valence-electron chi connectivity index (χ4n) is 2.00. The highest BCUT2D eigenvalue weighted by Crippen LogP contribution is 2.23. The zero-order valence-electron chi connectivity index (χ0n) is 14.3. The maximum absolute atomic E-state index is 12.1. The summed E-state index contributed by atoms with van der Waals surface area (Å²) in [4.78, 5) is 14.3. The Bertz CT molecular complexity index is 465. The van der Waals surface area contributed by atoms with Crippen molar-refractivity contribution in [3.8, 4) is 5.75 Å². The van der Waals surface area contributed by atoms with E-state index >= 15 is 0 Å². The van der Waals surface area contributed by atoms with E-state index < -0.39 is 0 Å². The van der Waals surface area contributed by atoms with Crippen molar-refractivity contribution in [3.63, 3.8) is 0 Å². The first kappa shape index (κ1) is 21.5. The van der Waals surface area contributed by atoms with Crippen LogP contribution in [0.25, 0.3) is 0 Å². The molecule has 1 aromatic carbocycles. The average molecular weight is 344 g/mol. The minimum atomic E-state index is -0.340. The number of unbranched alkanes of at least 4 members (excludes halogenated alkanes) is 1. The van der Waals surface area contributed by atoms with E-state index in [9.17, 15) is 4.79 Å². The van der Waals surface area contributed by atoms with Gasteiger partial charge in [-0.2, -0.15) is 0 Å². The minimum absolute atomic E-state index is 0. The monoisotopic (exact) mass is 343 g/mol. The molecule has 0 fully saturated rings. The van der Waals surface area contributed by atoms with Crippen LogP contribution in [0.1, 0.15) is 44.0 Å². The Morgan fingerprint density at radius 2 is 1.87 bits per heavy atom. The summed E-state index contributed by atoms with van der Waals surface area (Å²) in [7, 11) is 0. The van der Waals surface area contributed by atoms with Crippen LogP contribution in [-0.2, 0) is 4.74 Å². The molecule has 0 amide bonds. The second-order valence-electron chi connectivity index (χ2n) is 5.12. The molecule has 0 atom stereocenters. The SMILES string of the molecule is CCCCOc1cc(C(=O)OCCN(CC)CC)ccc1N.[Cl-]. The Balaban J connectivity index is 0.00000484. The quantitative estimate of drug-likeness (QED) is 0.366. The van der Waals surface area contributed by atoms with Crippen LogP contribution < -0.4 is 22.9 Å². The third kappa shape index (κ3) is 7.57. The molecule has 0 unspecified atom stereocenters. The van der Waals surface area contributed by atoms with Crippen LogP contribution in [0.4, 0.5) is 5.69 Å². The van der Waals surface area contributed by atoms with Gasteiger partial charge in [0.25, 0.3) is 0 Å². The van der Waals surface area contributed by atoms with Crippen molar-refractivity contribution in [2.24, 2.45) is 0 Å². The molecule has 5 nitrogen and oxygen atoms in total. The number of rotatable bonds is 10. The summed E-state index contributed by atoms with van der Waals surface area (Å²) in [5, 5.41) is 0. The Labute approximate surface area is 145 Å². The Hall–Kier alpha value is -1.46. The van der Waals surface area contributed by atoms with Crippen molar-refractivity contribution in [1.82, 2.24) is 4.90 Å². The lowest BCUT2D eigenvalue weighted by atomic mass is 10.2. The maximum Gasteiger partial charge on any atom is 0.338 e. The maximum atomic E-state index is 12.1. The van der Waals surface area contributed by atoms with Crippen LogP contribution in [0, 0.1) is 0 Å². The zero-order valence-corrected chi connectivity index (χ0v) is 15.1. The third-order valence-corrected chi connectivity index (χ3v) is 3.54. The van der Waals surface area contributed by atoms with E-state index in [1.165, 1.54) is 0 Å². The zero-order chi connectivity index (χ0) is 16.4. The fourth-order valence-corrected chi connectivity index (χ4v) is 2.00. The van der Waals surface area contributed by atoms with Gasteiger partial charge in [0.2, 0.25) is 0 Å². The summed E-state index contributed by atoms with van der Waals surface area (Å²) in [6.07, 6.45) is 2.00. The van der Waals surface area contributed by atoms with Gasteiger partial charge in [-0.05, 0) is 37.7 Å². The predicted octanol–water partition coefficient (Wildman–Crippen LogP) is -0.0497. The third-order valence-electron chi connectivity index (χ3n) is 3.54. The number of carbonyl (C=O) groups excluding carboxylic acids is 1. The normalized spacial score (nSPS) is 10.3. The number of esters is 1. The highest BCUT2D eigenvalue weighted by Gasteiger charge is 2.11. The first-order chi connectivity index (χ1) is 10.6. The standard InChI is InChI=1S/C17H28N2O3.ClH/c1-4-7-11-21-16-13-14(8-9-15(16)18)17(20)22-12-10-19(5-2)6-3;/h8-9,13H,4-7,10-12,18H2,1-3H3;1H/p-1. The highest BCUT2D eigenvalue weighted by atomic mass is 35.5. The number of nitrogen functional groups attached to an aromatic ring is 1. The van der Waals surface area contributed by atoms with E-state index in [0.717, 1.165) is 32.5 Å². The molecule has 0 aromatic heterocycles. The van der Waals surface area contributed by atoms with Gasteiger partial charge in [0.1, 0.15) is 12.4 Å². The van der Waals surface area contributed by atoms with Gasteiger partial charge in [0, 0.05) is 6.54 Å². The van der Waals surface area contributed by atoms with E-state index in [2.05, 4.69) is 25.7 Å². The number of nitrogens with zero attached hydrogens (tertiary/aromatic N) is 1. The lowest BCUT2D eigenvalue weighted by Gasteiger charge is -2.17. The smallest absolute Gasteiger partial charge is 0.338 e. The molecule has 0 aliphatic heterocycles. The first-order valence-corrected chi connectivity index (χ1v) is 8.04. The number of anilines is 1. The molecule has 132 valence electrons. The lowest BCUT2D eigenvalue weighted by molar-refractivity contribution is -0.0000238. The summed E-state index contributed by atoms with van der Waals surface area (Å²) < 4.78 is 10.9. The average Bonchev–Trinajstić information content (AvgIpc) is 2.53. The van der Waals surface area contributed by atoms with Crippen molar-refractivity contribution < 1.29 is 26.7 Å². The molecule has 0 spiro atoms. The van der Waals surface area contributed by atoms with E-state index in [0.29, 0.717) is 30.2 Å². The molecule has 0 heterocycles. The number of hydrogen-bond donors (Lipinski definition) is 1. The molecule has 1 aromatic rings. The van der Waals surface area contributed by atoms with Gasteiger partial charge >= 0.3 is 5.97 Å². The molecule has 23 heavy (non-hydrogen) atoms. The topological polar surface area (TPSA) is 64.8 Å². The molecule has 1 rings (SSSR count). The van der Waals surface area contributed by atoms with E-state index in [1.54, 1.807) is 18.2 Å². The van der Waals surface area contributed by atoms with Gasteiger partial charge in [-0.1, -0.05) is 27.2 Å². The van der Waals surface area contributed by atoms with Crippen LogP contribution in [0.5, 0.6) is 5.75 Å². The van der Waals surface area contributed by atoms with Gasteiger partial charge in [-0.15, -0.1) is 0 Å². The van der Waals surface area contributed by atoms with Gasteiger partial charge < -0.3 is 32.5 Å². The molecule has 0 aliphatic carbocycles. The van der Waals surface area contributed by atoms with Crippen LogP contribution in [0.3, 0.4) is 0 Å². The number of hydrogen-bond acceptors (Lipinski definition) is 5. The van der Waals surface area contributed by atoms with Crippen molar-refractivity contribution >= 4 is 11.7 Å². The van der Waals surface area contributed by atoms with Crippen molar-refractivity contribution in [1.29, 1.82) is 0 Å². The lowest BCUT2D eigenvalue weighted by Crippen LogP contribution is -3.00. The molecule has 0 bridgehead atoms. The summed E-state index contributed by atoms with van der Waals surface area (Å²) in [5.74, 6) is 0.208. The van der Waals surface area contributed by atoms with E-state index in [4.69, 9.17) is 15.2 Å². The number of carbonyl (C=O) groups is 1. The largest absolute Gasteiger partial charge is 1.00 e. The Kier molecular flexibility index (Phi) is 11.3. The Morgan fingerprint density at radius 1 is 1.17 bits per heavy atom. The van der Waals surface area contributed by atoms with Crippen LogP contribution in [0.2, 0.25) is 0 Å². The molecule has 6 heteroatoms. The van der Waals surface area contributed by atoms with Gasteiger partial charge in [-0.25, -0.2) is 4.79 Å². The summed E-state index contributed by atoms with van der Waals surface area (Å²) in [5.41, 5.74) is 6.87. The van der Waals surface area contributed by atoms with Crippen molar-refractivity contribution in [2.75, 3.05) is 38.6 Å². The summed E-state index contributed by atoms with van der Waals surface area (Å²) in [6, 6.07) is 5.01. The van der Waals surface area contributed by atoms with Crippen molar-refractivity contribution in [2.45, 2.75) is 33.6 Å². The number of halogens is 1. The molecule has 0 saturated heterocycles. The molecule has 0 aliphatic rings. The second-order valence-corrected chi connectivity index (χ2v) is 5.12. The minimum Gasteiger partial charge on any atom is -1.00 e. The molecule has 0 radical (unpaired) electrons. The molecular formula is C17H28ClN2O3-. The molecule has 2 N–H and O–H groups in total. The summed E-state index contributed by atoms with van der Waals surface area (Å²) in [6.45, 7) is 9.90. The summed E-state index contributed by atoms with van der Waals surface area (Å²) >= 11 is 0. The predicted molar refractivity (Wildman–Crippen MR) is 89.3 cm³/mol. The van der Waals surface area contributed by atoms with E-state index in [1.807, 2.05) is 0 Å².